The third-order valence-corrected chi connectivity index (χ3v) is 4.91. The maximum Gasteiger partial charge on any atom is 0.211 e. The van der Waals surface area contributed by atoms with Crippen molar-refractivity contribution in [1.82, 2.24) is 24.5 Å². The minimum absolute atomic E-state index is 0.263. The van der Waals surface area contributed by atoms with E-state index in [0.717, 1.165) is 18.5 Å². The number of sulfonamides is 1. The Bertz CT molecular complexity index is 755. The highest BCUT2D eigenvalue weighted by Gasteiger charge is 2.35. The van der Waals surface area contributed by atoms with Gasteiger partial charge in [0.15, 0.2) is 0 Å². The van der Waals surface area contributed by atoms with Gasteiger partial charge in [-0.15, -0.1) is 0 Å². The molecule has 0 spiro atoms. The number of aryl methyl sites for hydroxylation is 1. The molecule has 21 heavy (non-hydrogen) atoms. The number of aromatic nitrogens is 4. The zero-order chi connectivity index (χ0) is 15.0. The summed E-state index contributed by atoms with van der Waals surface area (Å²) in [5.41, 5.74) is 2.93. The third-order valence-electron chi connectivity index (χ3n) is 3.62. The van der Waals surface area contributed by atoms with Crippen LogP contribution in [0.25, 0.3) is 11.4 Å². The monoisotopic (exact) mass is 307 g/mol. The van der Waals surface area contributed by atoms with Crippen molar-refractivity contribution in [3.63, 3.8) is 0 Å². The van der Waals surface area contributed by atoms with E-state index >= 15 is 0 Å². The van der Waals surface area contributed by atoms with Crippen molar-refractivity contribution in [1.29, 1.82) is 0 Å². The fraction of sp³-hybridized carbons (Fsp3) is 0.462. The van der Waals surface area contributed by atoms with E-state index in [4.69, 9.17) is 0 Å². The van der Waals surface area contributed by atoms with E-state index in [1.807, 2.05) is 13.0 Å². The molecule has 0 bridgehead atoms. The fourth-order valence-corrected chi connectivity index (χ4v) is 3.87. The van der Waals surface area contributed by atoms with E-state index in [1.54, 1.807) is 12.4 Å². The SMILES string of the molecule is Cc1cc(-c2nccnc2[C@H]2CCCN2S(C)(=O)=O)n[nH]1. The lowest BCUT2D eigenvalue weighted by Gasteiger charge is -2.22. The molecule has 1 atom stereocenters. The molecule has 0 radical (unpaired) electrons. The number of hydrogen-bond acceptors (Lipinski definition) is 5. The lowest BCUT2D eigenvalue weighted by atomic mass is 10.1. The van der Waals surface area contributed by atoms with Gasteiger partial charge < -0.3 is 0 Å². The van der Waals surface area contributed by atoms with Gasteiger partial charge >= 0.3 is 0 Å². The van der Waals surface area contributed by atoms with Crippen LogP contribution in [-0.4, -0.2) is 45.7 Å². The minimum Gasteiger partial charge on any atom is -0.282 e. The molecule has 3 heterocycles. The average Bonchev–Trinajstić information content (AvgIpc) is 3.06. The zero-order valence-corrected chi connectivity index (χ0v) is 12.8. The number of hydrogen-bond donors (Lipinski definition) is 1. The van der Waals surface area contributed by atoms with E-state index in [1.165, 1.54) is 10.6 Å². The van der Waals surface area contributed by atoms with Crippen molar-refractivity contribution in [2.45, 2.75) is 25.8 Å². The first-order valence-electron chi connectivity index (χ1n) is 6.77. The molecule has 1 N–H and O–H groups in total. The van der Waals surface area contributed by atoms with Crippen LogP contribution < -0.4 is 0 Å². The molecule has 0 aromatic carbocycles. The Morgan fingerprint density at radius 1 is 1.33 bits per heavy atom. The van der Waals surface area contributed by atoms with Gasteiger partial charge in [0.05, 0.1) is 18.0 Å². The van der Waals surface area contributed by atoms with Crippen LogP contribution >= 0.6 is 0 Å². The number of nitrogens with zero attached hydrogens (tertiary/aromatic N) is 4. The van der Waals surface area contributed by atoms with Crippen LogP contribution in [0.2, 0.25) is 0 Å². The van der Waals surface area contributed by atoms with Gasteiger partial charge in [0.25, 0.3) is 0 Å². The molecule has 0 unspecified atom stereocenters. The van der Waals surface area contributed by atoms with Crippen LogP contribution in [-0.2, 0) is 10.0 Å². The summed E-state index contributed by atoms with van der Waals surface area (Å²) in [6.45, 7) is 2.43. The van der Waals surface area contributed by atoms with Crippen molar-refractivity contribution in [2.24, 2.45) is 0 Å². The van der Waals surface area contributed by atoms with Crippen LogP contribution in [0.15, 0.2) is 18.5 Å². The van der Waals surface area contributed by atoms with Gasteiger partial charge in [-0.1, -0.05) is 0 Å². The summed E-state index contributed by atoms with van der Waals surface area (Å²) in [6.07, 6.45) is 6.01. The van der Waals surface area contributed by atoms with Crippen LogP contribution in [0, 0.1) is 6.92 Å². The summed E-state index contributed by atoms with van der Waals surface area (Å²) in [5, 5.41) is 7.09. The van der Waals surface area contributed by atoms with E-state index < -0.39 is 10.0 Å². The third kappa shape index (κ3) is 2.68. The summed E-state index contributed by atoms with van der Waals surface area (Å²) in [6, 6.07) is 1.62. The Hall–Kier alpha value is -1.80. The van der Waals surface area contributed by atoms with Crippen molar-refractivity contribution >= 4 is 10.0 Å². The van der Waals surface area contributed by atoms with Crippen molar-refractivity contribution in [3.8, 4) is 11.4 Å². The molecule has 1 saturated heterocycles. The highest BCUT2D eigenvalue weighted by molar-refractivity contribution is 7.88. The van der Waals surface area contributed by atoms with Gasteiger partial charge in [-0.05, 0) is 25.8 Å². The molecule has 0 aliphatic carbocycles. The molecule has 0 saturated carbocycles. The minimum atomic E-state index is -3.26. The lowest BCUT2D eigenvalue weighted by molar-refractivity contribution is 0.394. The molecule has 112 valence electrons. The molecular weight excluding hydrogens is 290 g/mol. The van der Waals surface area contributed by atoms with Gasteiger partial charge in [0, 0.05) is 24.6 Å². The second kappa shape index (κ2) is 5.19. The number of H-pyrrole nitrogens is 1. The number of aromatic amines is 1. The van der Waals surface area contributed by atoms with Crippen molar-refractivity contribution in [3.05, 3.63) is 29.8 Å². The first kappa shape index (κ1) is 14.2. The second-order valence-electron chi connectivity index (χ2n) is 5.26. The molecular formula is C13H17N5O2S. The maximum atomic E-state index is 11.9. The zero-order valence-electron chi connectivity index (χ0n) is 11.9. The van der Waals surface area contributed by atoms with E-state index in [0.29, 0.717) is 23.6 Å². The summed E-state index contributed by atoms with van der Waals surface area (Å²) < 4.78 is 25.4. The number of rotatable bonds is 3. The van der Waals surface area contributed by atoms with Crippen LogP contribution in [0.5, 0.6) is 0 Å². The number of nitrogens with one attached hydrogen (secondary N) is 1. The molecule has 7 nitrogen and oxygen atoms in total. The Kier molecular flexibility index (Phi) is 3.50. The quantitative estimate of drug-likeness (QED) is 0.922. The molecule has 1 fully saturated rings. The molecule has 1 aliphatic heterocycles. The largest absolute Gasteiger partial charge is 0.282 e. The van der Waals surface area contributed by atoms with Crippen LogP contribution in [0.3, 0.4) is 0 Å². The first-order valence-corrected chi connectivity index (χ1v) is 8.62. The topological polar surface area (TPSA) is 91.8 Å². The van der Waals surface area contributed by atoms with E-state index in [-0.39, 0.29) is 6.04 Å². The second-order valence-corrected chi connectivity index (χ2v) is 7.19. The highest BCUT2D eigenvalue weighted by Crippen LogP contribution is 2.36. The summed E-state index contributed by atoms with van der Waals surface area (Å²) in [5.74, 6) is 0. The van der Waals surface area contributed by atoms with Gasteiger partial charge in [-0.2, -0.15) is 9.40 Å². The fourth-order valence-electron chi connectivity index (χ4n) is 2.74. The van der Waals surface area contributed by atoms with Crippen molar-refractivity contribution in [2.75, 3.05) is 12.8 Å². The van der Waals surface area contributed by atoms with Gasteiger partial charge in [0.1, 0.15) is 11.4 Å². The molecule has 2 aromatic rings. The van der Waals surface area contributed by atoms with Crippen LogP contribution in [0.4, 0.5) is 0 Å². The van der Waals surface area contributed by atoms with E-state index in [9.17, 15) is 8.42 Å². The molecule has 8 heteroatoms. The molecule has 3 rings (SSSR count). The molecule has 2 aromatic heterocycles. The maximum absolute atomic E-state index is 11.9. The smallest absolute Gasteiger partial charge is 0.211 e. The summed E-state index contributed by atoms with van der Waals surface area (Å²) in [4.78, 5) is 8.74. The standard InChI is InChI=1S/C13H17N5O2S/c1-9-8-10(17-16-9)12-13(15-6-5-14-12)11-4-3-7-18(11)21(2,19)20/h5-6,8,11H,3-4,7H2,1-2H3,(H,16,17)/t11-/m1/s1. The van der Waals surface area contributed by atoms with Gasteiger partial charge in [-0.25, -0.2) is 8.42 Å². The normalized spacial score (nSPS) is 20.0. The molecule has 0 amide bonds. The van der Waals surface area contributed by atoms with Gasteiger partial charge in [0.2, 0.25) is 10.0 Å². The Morgan fingerprint density at radius 3 is 2.76 bits per heavy atom. The Balaban J connectivity index is 2.07. The predicted octanol–water partition coefficient (Wildman–Crippen LogP) is 1.27. The summed E-state index contributed by atoms with van der Waals surface area (Å²) >= 11 is 0. The molecule has 1 aliphatic rings. The Labute approximate surface area is 123 Å². The predicted molar refractivity (Wildman–Crippen MR) is 77.9 cm³/mol. The van der Waals surface area contributed by atoms with Crippen LogP contribution in [0.1, 0.15) is 30.3 Å². The average molecular weight is 307 g/mol. The van der Waals surface area contributed by atoms with Gasteiger partial charge in [-0.3, -0.25) is 15.1 Å². The van der Waals surface area contributed by atoms with E-state index in [2.05, 4.69) is 20.2 Å². The van der Waals surface area contributed by atoms with Crippen molar-refractivity contribution < 1.29 is 8.42 Å². The summed E-state index contributed by atoms with van der Waals surface area (Å²) in [7, 11) is -3.26. The highest BCUT2D eigenvalue weighted by atomic mass is 32.2. The first-order chi connectivity index (χ1) is 9.97. The Morgan fingerprint density at radius 2 is 2.10 bits per heavy atom. The lowest BCUT2D eigenvalue weighted by Crippen LogP contribution is -2.30.